The Balaban J connectivity index is 1.95. The summed E-state index contributed by atoms with van der Waals surface area (Å²) in [6.45, 7) is 1.74. The van der Waals surface area contributed by atoms with E-state index in [0.717, 1.165) is 12.1 Å². The number of amides is 2. The normalized spacial score (nSPS) is 10.3. The van der Waals surface area contributed by atoms with Crippen LogP contribution in [-0.2, 0) is 9.59 Å². The molecule has 2 aromatic rings. The lowest BCUT2D eigenvalue weighted by Crippen LogP contribution is -2.21. The number of carbonyl (C=O) groups excluding carboxylic acids is 2. The van der Waals surface area contributed by atoms with Gasteiger partial charge in [0, 0.05) is 22.5 Å². The predicted molar refractivity (Wildman–Crippen MR) is 84.4 cm³/mol. The summed E-state index contributed by atoms with van der Waals surface area (Å²) in [6, 6.07) is 7.95. The van der Waals surface area contributed by atoms with Crippen molar-refractivity contribution in [2.24, 2.45) is 0 Å². The Morgan fingerprint density at radius 3 is 2.43 bits per heavy atom. The number of anilines is 2. The van der Waals surface area contributed by atoms with Crippen LogP contribution in [0.4, 0.5) is 20.2 Å². The van der Waals surface area contributed by atoms with Gasteiger partial charge in [-0.3, -0.25) is 9.59 Å². The van der Waals surface area contributed by atoms with Crippen LogP contribution in [-0.4, -0.2) is 11.8 Å². The van der Waals surface area contributed by atoms with Crippen molar-refractivity contribution in [2.75, 3.05) is 10.6 Å². The van der Waals surface area contributed by atoms with Gasteiger partial charge in [0.15, 0.2) is 11.6 Å². The van der Waals surface area contributed by atoms with E-state index in [2.05, 4.69) is 10.6 Å². The zero-order valence-corrected chi connectivity index (χ0v) is 12.9. The molecule has 0 heterocycles. The van der Waals surface area contributed by atoms with E-state index in [1.54, 1.807) is 25.1 Å². The molecule has 4 nitrogen and oxygen atoms in total. The fourth-order valence-corrected chi connectivity index (χ4v) is 2.04. The van der Waals surface area contributed by atoms with Crippen molar-refractivity contribution in [1.82, 2.24) is 0 Å². The molecular formula is C16H13ClF2N2O2. The summed E-state index contributed by atoms with van der Waals surface area (Å²) in [7, 11) is 0. The molecule has 120 valence electrons. The summed E-state index contributed by atoms with van der Waals surface area (Å²) >= 11 is 5.94. The Morgan fingerprint density at radius 2 is 1.74 bits per heavy atom. The summed E-state index contributed by atoms with van der Waals surface area (Å²) in [5, 5.41) is 5.38. The molecule has 0 aliphatic heterocycles. The van der Waals surface area contributed by atoms with Crippen LogP contribution >= 0.6 is 11.6 Å². The van der Waals surface area contributed by atoms with Crippen LogP contribution in [0.15, 0.2) is 36.4 Å². The minimum absolute atomic E-state index is 0.0700. The lowest BCUT2D eigenvalue weighted by atomic mass is 10.2. The molecule has 0 fully saturated rings. The second-order valence-corrected chi connectivity index (χ2v) is 5.22. The highest BCUT2D eigenvalue weighted by molar-refractivity contribution is 6.31. The van der Waals surface area contributed by atoms with Crippen molar-refractivity contribution >= 4 is 34.8 Å². The molecule has 2 rings (SSSR count). The van der Waals surface area contributed by atoms with Crippen LogP contribution in [0.5, 0.6) is 0 Å². The van der Waals surface area contributed by atoms with Gasteiger partial charge in [0.2, 0.25) is 11.8 Å². The molecule has 0 unspecified atom stereocenters. The highest BCUT2D eigenvalue weighted by Crippen LogP contribution is 2.23. The fourth-order valence-electron chi connectivity index (χ4n) is 1.86. The van der Waals surface area contributed by atoms with E-state index < -0.39 is 29.9 Å². The largest absolute Gasteiger partial charge is 0.326 e. The van der Waals surface area contributed by atoms with Crippen LogP contribution < -0.4 is 10.6 Å². The lowest BCUT2D eigenvalue weighted by molar-refractivity contribution is -0.123. The molecule has 23 heavy (non-hydrogen) atoms. The number of nitrogens with one attached hydrogen (secondary N) is 2. The molecule has 2 aromatic carbocycles. The van der Waals surface area contributed by atoms with Gasteiger partial charge in [-0.1, -0.05) is 17.7 Å². The van der Waals surface area contributed by atoms with Gasteiger partial charge >= 0.3 is 0 Å². The third kappa shape index (κ3) is 4.50. The van der Waals surface area contributed by atoms with E-state index in [1.165, 1.54) is 6.07 Å². The van der Waals surface area contributed by atoms with Gasteiger partial charge in [-0.25, -0.2) is 8.78 Å². The molecule has 0 spiro atoms. The maximum atomic E-state index is 13.0. The summed E-state index contributed by atoms with van der Waals surface area (Å²) in [5.74, 6) is -3.29. The third-order valence-electron chi connectivity index (χ3n) is 3.07. The Hall–Kier alpha value is -2.47. The molecule has 0 atom stereocenters. The molecule has 0 aromatic heterocycles. The maximum Gasteiger partial charge on any atom is 0.233 e. The van der Waals surface area contributed by atoms with Gasteiger partial charge < -0.3 is 10.6 Å². The topological polar surface area (TPSA) is 58.2 Å². The van der Waals surface area contributed by atoms with Crippen molar-refractivity contribution in [1.29, 1.82) is 0 Å². The third-order valence-corrected chi connectivity index (χ3v) is 3.48. The molecule has 2 N–H and O–H groups in total. The molecule has 0 radical (unpaired) electrons. The second kappa shape index (κ2) is 7.19. The number of halogens is 3. The SMILES string of the molecule is Cc1c(Cl)cccc1NC(=O)CC(=O)Nc1ccc(F)c(F)c1. The van der Waals surface area contributed by atoms with E-state index in [1.807, 2.05) is 0 Å². The molecule has 0 saturated carbocycles. The van der Waals surface area contributed by atoms with E-state index >= 15 is 0 Å². The fraction of sp³-hybridized carbons (Fsp3) is 0.125. The second-order valence-electron chi connectivity index (χ2n) is 4.81. The molecule has 2 amide bonds. The lowest BCUT2D eigenvalue weighted by Gasteiger charge is -2.10. The average Bonchev–Trinajstić information content (AvgIpc) is 2.47. The first-order valence-corrected chi connectivity index (χ1v) is 7.04. The Bertz CT molecular complexity index is 766. The van der Waals surface area contributed by atoms with Crippen LogP contribution in [0.2, 0.25) is 5.02 Å². The van der Waals surface area contributed by atoms with E-state index in [0.29, 0.717) is 16.3 Å². The number of hydrogen-bond donors (Lipinski definition) is 2. The van der Waals surface area contributed by atoms with Crippen molar-refractivity contribution < 1.29 is 18.4 Å². The molecule has 0 saturated heterocycles. The van der Waals surface area contributed by atoms with Crippen molar-refractivity contribution in [3.63, 3.8) is 0 Å². The Kier molecular flexibility index (Phi) is 5.28. The molecular weight excluding hydrogens is 326 g/mol. The minimum Gasteiger partial charge on any atom is -0.326 e. The van der Waals surface area contributed by atoms with Crippen molar-refractivity contribution in [3.05, 3.63) is 58.6 Å². The van der Waals surface area contributed by atoms with Crippen molar-refractivity contribution in [2.45, 2.75) is 13.3 Å². The zero-order chi connectivity index (χ0) is 17.0. The van der Waals surface area contributed by atoms with Gasteiger partial charge in [-0.05, 0) is 36.8 Å². The van der Waals surface area contributed by atoms with Crippen molar-refractivity contribution in [3.8, 4) is 0 Å². The maximum absolute atomic E-state index is 13.0. The molecule has 0 aliphatic carbocycles. The van der Waals surface area contributed by atoms with Gasteiger partial charge in [0.25, 0.3) is 0 Å². The highest BCUT2D eigenvalue weighted by Gasteiger charge is 2.12. The first kappa shape index (κ1) is 16.9. The summed E-state index contributed by atoms with van der Waals surface area (Å²) < 4.78 is 25.8. The number of rotatable bonds is 4. The van der Waals surface area contributed by atoms with Crippen LogP contribution in [0, 0.1) is 18.6 Å². The number of carbonyl (C=O) groups is 2. The monoisotopic (exact) mass is 338 g/mol. The highest BCUT2D eigenvalue weighted by atomic mass is 35.5. The van der Waals surface area contributed by atoms with E-state index in [4.69, 9.17) is 11.6 Å². The number of hydrogen-bond acceptors (Lipinski definition) is 2. The smallest absolute Gasteiger partial charge is 0.233 e. The quantitative estimate of drug-likeness (QED) is 0.831. The Labute approximate surface area is 136 Å². The molecule has 0 bridgehead atoms. The standard InChI is InChI=1S/C16H13ClF2N2O2/c1-9-11(17)3-2-4-14(9)21-16(23)8-15(22)20-10-5-6-12(18)13(19)7-10/h2-7H,8H2,1H3,(H,20,22)(H,21,23). The summed E-state index contributed by atoms with van der Waals surface area (Å²) in [5.41, 5.74) is 1.26. The van der Waals surface area contributed by atoms with Gasteiger partial charge in [0.05, 0.1) is 0 Å². The molecule has 0 aliphatic rings. The van der Waals surface area contributed by atoms with Crippen LogP contribution in [0.1, 0.15) is 12.0 Å². The van der Waals surface area contributed by atoms with Gasteiger partial charge in [-0.2, -0.15) is 0 Å². The van der Waals surface area contributed by atoms with Crippen LogP contribution in [0.3, 0.4) is 0 Å². The summed E-state index contributed by atoms with van der Waals surface area (Å²) in [4.78, 5) is 23.6. The van der Waals surface area contributed by atoms with Gasteiger partial charge in [-0.15, -0.1) is 0 Å². The Morgan fingerprint density at radius 1 is 1.04 bits per heavy atom. The van der Waals surface area contributed by atoms with Crippen LogP contribution in [0.25, 0.3) is 0 Å². The van der Waals surface area contributed by atoms with E-state index in [-0.39, 0.29) is 5.69 Å². The summed E-state index contributed by atoms with van der Waals surface area (Å²) in [6.07, 6.45) is -0.467. The first-order valence-electron chi connectivity index (χ1n) is 6.66. The van der Waals surface area contributed by atoms with E-state index in [9.17, 15) is 18.4 Å². The minimum atomic E-state index is -1.08. The zero-order valence-electron chi connectivity index (χ0n) is 12.1. The number of benzene rings is 2. The van der Waals surface area contributed by atoms with Gasteiger partial charge in [0.1, 0.15) is 6.42 Å². The molecule has 7 heteroatoms. The first-order chi connectivity index (χ1) is 10.9. The average molecular weight is 339 g/mol. The predicted octanol–water partition coefficient (Wildman–Crippen LogP) is 3.89.